The highest BCUT2D eigenvalue weighted by molar-refractivity contribution is 6.32. The van der Waals surface area contributed by atoms with Crippen LogP contribution in [0.3, 0.4) is 0 Å². The van der Waals surface area contributed by atoms with Gasteiger partial charge in [-0.15, -0.1) is 0 Å². The number of alkyl halides is 6. The number of rotatable bonds is 1. The van der Waals surface area contributed by atoms with Gasteiger partial charge in [-0.05, 0) is 12.1 Å². The van der Waals surface area contributed by atoms with Crippen LogP contribution in [-0.2, 0) is 17.1 Å². The maximum absolute atomic E-state index is 12.7. The minimum atomic E-state index is -5.22. The Morgan fingerprint density at radius 1 is 1.11 bits per heavy atom. The first-order valence-corrected chi connectivity index (χ1v) is 4.93. The van der Waals surface area contributed by atoms with E-state index in [1.807, 2.05) is 0 Å². The fourth-order valence-electron chi connectivity index (χ4n) is 1.40. The van der Waals surface area contributed by atoms with Crippen molar-refractivity contribution in [2.24, 2.45) is 0 Å². The van der Waals surface area contributed by atoms with Crippen LogP contribution in [-0.4, -0.2) is 13.1 Å². The molecule has 0 aliphatic carbocycles. The Labute approximate surface area is 107 Å². The Bertz CT molecular complexity index is 506. The predicted molar refractivity (Wildman–Crippen MR) is 52.8 cm³/mol. The molecule has 0 atom stereocenters. The van der Waals surface area contributed by atoms with E-state index in [0.29, 0.717) is 19.2 Å². The lowest BCUT2D eigenvalue weighted by atomic mass is 10.00. The molecule has 106 valence electrons. The maximum atomic E-state index is 12.7. The summed E-state index contributed by atoms with van der Waals surface area (Å²) < 4.78 is 80.0. The van der Waals surface area contributed by atoms with Gasteiger partial charge in [0.1, 0.15) is 0 Å². The van der Waals surface area contributed by atoms with Gasteiger partial charge in [0.25, 0.3) is 0 Å². The van der Waals surface area contributed by atoms with Crippen molar-refractivity contribution in [3.63, 3.8) is 0 Å². The van der Waals surface area contributed by atoms with Gasteiger partial charge in [0.2, 0.25) is 0 Å². The third kappa shape index (κ3) is 3.12. The molecule has 19 heavy (non-hydrogen) atoms. The average Bonchev–Trinajstić information content (AvgIpc) is 2.24. The first-order chi connectivity index (χ1) is 8.50. The van der Waals surface area contributed by atoms with Crippen molar-refractivity contribution in [3.05, 3.63) is 33.8 Å². The second-order valence-corrected chi connectivity index (χ2v) is 3.74. The van der Waals surface area contributed by atoms with Crippen molar-refractivity contribution >= 4 is 17.6 Å². The van der Waals surface area contributed by atoms with Crippen molar-refractivity contribution in [1.82, 2.24) is 0 Å². The molecule has 0 radical (unpaired) electrons. The van der Waals surface area contributed by atoms with Gasteiger partial charge in [0.15, 0.2) is 0 Å². The van der Waals surface area contributed by atoms with Crippen LogP contribution in [0.15, 0.2) is 12.1 Å². The van der Waals surface area contributed by atoms with Crippen molar-refractivity contribution in [2.75, 3.05) is 7.11 Å². The summed E-state index contributed by atoms with van der Waals surface area (Å²) in [6.45, 7) is 0. The van der Waals surface area contributed by atoms with Crippen LogP contribution in [0, 0.1) is 0 Å². The van der Waals surface area contributed by atoms with Crippen LogP contribution in [0.25, 0.3) is 0 Å². The van der Waals surface area contributed by atoms with Gasteiger partial charge in [-0.3, -0.25) is 0 Å². The van der Waals surface area contributed by atoms with E-state index >= 15 is 0 Å². The van der Waals surface area contributed by atoms with E-state index in [0.717, 1.165) is 0 Å². The molecule has 2 nitrogen and oxygen atoms in total. The SMILES string of the molecule is COC(=O)c1c(C(F)(F)F)ccc(Cl)c1C(F)(F)F. The fourth-order valence-corrected chi connectivity index (χ4v) is 1.67. The van der Waals surface area contributed by atoms with Crippen molar-refractivity contribution in [3.8, 4) is 0 Å². The highest BCUT2D eigenvalue weighted by atomic mass is 35.5. The largest absolute Gasteiger partial charge is 0.465 e. The molecule has 0 aliphatic rings. The third-order valence-electron chi connectivity index (χ3n) is 2.13. The molecule has 0 heterocycles. The van der Waals surface area contributed by atoms with Crippen molar-refractivity contribution < 1.29 is 35.9 Å². The molecule has 0 fully saturated rings. The highest BCUT2D eigenvalue weighted by Crippen LogP contribution is 2.43. The van der Waals surface area contributed by atoms with E-state index in [1.54, 1.807) is 0 Å². The van der Waals surface area contributed by atoms with E-state index in [4.69, 9.17) is 11.6 Å². The Kier molecular flexibility index (Phi) is 4.04. The molecular formula is C10H5ClF6O2. The average molecular weight is 307 g/mol. The Hall–Kier alpha value is -1.44. The van der Waals surface area contributed by atoms with Crippen LogP contribution >= 0.6 is 11.6 Å². The number of benzene rings is 1. The summed E-state index contributed by atoms with van der Waals surface area (Å²) in [5, 5.41) is -1.01. The van der Waals surface area contributed by atoms with Gasteiger partial charge < -0.3 is 4.74 Å². The summed E-state index contributed by atoms with van der Waals surface area (Å²) in [5.74, 6) is -1.76. The number of ether oxygens (including phenoxy) is 1. The summed E-state index contributed by atoms with van der Waals surface area (Å²) in [4.78, 5) is 11.2. The molecule has 0 aromatic heterocycles. The number of carbonyl (C=O) groups excluding carboxylic acids is 1. The number of methoxy groups -OCH3 is 1. The molecule has 0 unspecified atom stereocenters. The smallest absolute Gasteiger partial charge is 0.418 e. The lowest BCUT2D eigenvalue weighted by Gasteiger charge is -2.18. The Balaban J connectivity index is 3.76. The molecule has 1 aromatic carbocycles. The summed E-state index contributed by atoms with van der Waals surface area (Å²) in [5.41, 5.74) is -5.26. The number of hydrogen-bond acceptors (Lipinski definition) is 2. The van der Waals surface area contributed by atoms with E-state index in [9.17, 15) is 31.1 Å². The molecule has 0 spiro atoms. The fraction of sp³-hybridized carbons (Fsp3) is 0.300. The van der Waals surface area contributed by atoms with Crippen molar-refractivity contribution in [1.29, 1.82) is 0 Å². The standard InChI is InChI=1S/C10H5ClF6O2/c1-19-8(18)6-4(9(12,13)14)2-3-5(11)7(6)10(15,16)17/h2-3H,1H3. The number of esters is 1. The van der Waals surface area contributed by atoms with E-state index in [2.05, 4.69) is 4.74 Å². The second kappa shape index (κ2) is 4.92. The molecule has 1 rings (SSSR count). The summed E-state index contributed by atoms with van der Waals surface area (Å²) in [6.07, 6.45) is -10.4. The lowest BCUT2D eigenvalue weighted by Crippen LogP contribution is -2.21. The molecular weight excluding hydrogens is 302 g/mol. The highest BCUT2D eigenvalue weighted by Gasteiger charge is 2.44. The number of carbonyl (C=O) groups is 1. The molecule has 0 bridgehead atoms. The molecule has 0 N–H and O–H groups in total. The van der Waals surface area contributed by atoms with Crippen LogP contribution < -0.4 is 0 Å². The first-order valence-electron chi connectivity index (χ1n) is 4.55. The summed E-state index contributed by atoms with van der Waals surface area (Å²) >= 11 is 5.24. The number of halogens is 7. The molecule has 0 saturated heterocycles. The maximum Gasteiger partial charge on any atom is 0.418 e. The zero-order chi connectivity index (χ0) is 15.0. The quantitative estimate of drug-likeness (QED) is 0.575. The summed E-state index contributed by atoms with van der Waals surface area (Å²) in [7, 11) is 0.670. The van der Waals surface area contributed by atoms with Gasteiger partial charge in [0.05, 0.1) is 28.8 Å². The van der Waals surface area contributed by atoms with Crippen LogP contribution in [0.2, 0.25) is 5.02 Å². The topological polar surface area (TPSA) is 26.3 Å². The van der Waals surface area contributed by atoms with Crippen LogP contribution in [0.1, 0.15) is 21.5 Å². The first kappa shape index (κ1) is 15.6. The molecule has 0 amide bonds. The molecule has 1 aromatic rings. The minimum Gasteiger partial charge on any atom is -0.465 e. The normalized spacial score (nSPS) is 12.4. The van der Waals surface area contributed by atoms with Gasteiger partial charge in [-0.2, -0.15) is 26.3 Å². The minimum absolute atomic E-state index is 0.295. The van der Waals surface area contributed by atoms with E-state index in [1.165, 1.54) is 0 Å². The van der Waals surface area contributed by atoms with Crippen LogP contribution in [0.4, 0.5) is 26.3 Å². The molecule has 0 aliphatic heterocycles. The van der Waals surface area contributed by atoms with E-state index < -0.39 is 40.0 Å². The van der Waals surface area contributed by atoms with E-state index in [-0.39, 0.29) is 0 Å². The molecule has 0 saturated carbocycles. The predicted octanol–water partition coefficient (Wildman–Crippen LogP) is 4.16. The third-order valence-corrected chi connectivity index (χ3v) is 2.45. The second-order valence-electron chi connectivity index (χ2n) is 3.33. The molecule has 9 heteroatoms. The number of hydrogen-bond donors (Lipinski definition) is 0. The van der Waals surface area contributed by atoms with Gasteiger partial charge in [-0.1, -0.05) is 11.6 Å². The van der Waals surface area contributed by atoms with Crippen molar-refractivity contribution in [2.45, 2.75) is 12.4 Å². The summed E-state index contributed by atoms with van der Waals surface area (Å²) in [6, 6.07) is 0.726. The zero-order valence-electron chi connectivity index (χ0n) is 9.12. The van der Waals surface area contributed by atoms with Gasteiger partial charge >= 0.3 is 18.3 Å². The monoisotopic (exact) mass is 306 g/mol. The lowest BCUT2D eigenvalue weighted by molar-refractivity contribution is -0.144. The Morgan fingerprint density at radius 3 is 2.00 bits per heavy atom. The zero-order valence-corrected chi connectivity index (χ0v) is 9.87. The van der Waals surface area contributed by atoms with Gasteiger partial charge in [0, 0.05) is 0 Å². The van der Waals surface area contributed by atoms with Crippen LogP contribution in [0.5, 0.6) is 0 Å². The Morgan fingerprint density at radius 2 is 1.63 bits per heavy atom. The van der Waals surface area contributed by atoms with Gasteiger partial charge in [-0.25, -0.2) is 4.79 Å².